The minimum absolute atomic E-state index is 0.0692. The molecule has 2 unspecified atom stereocenters. The standard InChI is InChI=1S/C18H15BO3/c20-19(21)14-8-5-12(6-9-14)13-7-10-18-16(11-13)15-3-1-2-4-17(15)22-18/h1-11,16,18,20-21H. The van der Waals surface area contributed by atoms with Crippen molar-refractivity contribution in [2.45, 2.75) is 12.0 Å². The van der Waals surface area contributed by atoms with E-state index in [1.807, 2.05) is 30.3 Å². The SMILES string of the molecule is OB(O)c1ccc(C2=CC3c4ccccc4OC3C=C2)cc1. The number of allylic oxidation sites excluding steroid dienone is 2. The first-order chi connectivity index (χ1) is 10.7. The van der Waals surface area contributed by atoms with Crippen molar-refractivity contribution < 1.29 is 14.8 Å². The van der Waals surface area contributed by atoms with Crippen molar-refractivity contribution in [3.63, 3.8) is 0 Å². The molecule has 2 N–H and O–H groups in total. The lowest BCUT2D eigenvalue weighted by molar-refractivity contribution is 0.269. The Balaban J connectivity index is 1.68. The van der Waals surface area contributed by atoms with Crippen LogP contribution < -0.4 is 10.2 Å². The number of hydrogen-bond donors (Lipinski definition) is 2. The summed E-state index contributed by atoms with van der Waals surface area (Å²) in [5, 5.41) is 18.3. The molecule has 2 atom stereocenters. The number of para-hydroxylation sites is 1. The summed E-state index contributed by atoms with van der Waals surface area (Å²) in [5.41, 5.74) is 3.90. The van der Waals surface area contributed by atoms with Gasteiger partial charge in [0.05, 0.1) is 0 Å². The van der Waals surface area contributed by atoms with Gasteiger partial charge in [-0.1, -0.05) is 54.6 Å². The fraction of sp³-hybridized carbons (Fsp3) is 0.111. The second-order valence-corrected chi connectivity index (χ2v) is 5.62. The van der Waals surface area contributed by atoms with Crippen LogP contribution in [-0.2, 0) is 0 Å². The summed E-state index contributed by atoms with van der Waals surface area (Å²) in [4.78, 5) is 0. The van der Waals surface area contributed by atoms with Crippen molar-refractivity contribution in [1.29, 1.82) is 0 Å². The summed E-state index contributed by atoms with van der Waals surface area (Å²) in [6.07, 6.45) is 6.45. The molecule has 2 aliphatic rings. The van der Waals surface area contributed by atoms with Crippen molar-refractivity contribution >= 4 is 18.2 Å². The van der Waals surface area contributed by atoms with E-state index in [0.717, 1.165) is 16.9 Å². The van der Waals surface area contributed by atoms with Crippen LogP contribution in [-0.4, -0.2) is 23.3 Å². The van der Waals surface area contributed by atoms with Gasteiger partial charge in [0, 0.05) is 11.5 Å². The zero-order valence-corrected chi connectivity index (χ0v) is 11.9. The van der Waals surface area contributed by atoms with E-state index < -0.39 is 7.12 Å². The third kappa shape index (κ3) is 2.17. The molecule has 108 valence electrons. The number of hydrogen-bond acceptors (Lipinski definition) is 3. The van der Waals surface area contributed by atoms with Crippen molar-refractivity contribution in [3.8, 4) is 5.75 Å². The van der Waals surface area contributed by atoms with E-state index in [1.54, 1.807) is 12.1 Å². The number of fused-ring (bicyclic) bond motifs is 3. The molecular weight excluding hydrogens is 275 g/mol. The molecule has 0 fully saturated rings. The van der Waals surface area contributed by atoms with Gasteiger partial charge in [0.15, 0.2) is 0 Å². The Morgan fingerprint density at radius 1 is 0.955 bits per heavy atom. The highest BCUT2D eigenvalue weighted by Crippen LogP contribution is 2.43. The minimum atomic E-state index is -1.43. The molecule has 4 heteroatoms. The van der Waals surface area contributed by atoms with E-state index in [2.05, 4.69) is 24.3 Å². The normalized spacial score (nSPS) is 21.6. The Bertz CT molecular complexity index is 762. The molecule has 4 rings (SSSR count). The Morgan fingerprint density at radius 3 is 2.50 bits per heavy atom. The van der Waals surface area contributed by atoms with Crippen LogP contribution in [0, 0.1) is 0 Å². The topological polar surface area (TPSA) is 49.7 Å². The summed E-state index contributed by atoms with van der Waals surface area (Å²) >= 11 is 0. The maximum absolute atomic E-state index is 9.17. The Kier molecular flexibility index (Phi) is 3.14. The summed E-state index contributed by atoms with van der Waals surface area (Å²) in [6, 6.07) is 15.4. The van der Waals surface area contributed by atoms with Crippen molar-refractivity contribution in [2.75, 3.05) is 0 Å². The van der Waals surface area contributed by atoms with Crippen LogP contribution in [0.25, 0.3) is 5.57 Å². The molecule has 1 heterocycles. The summed E-state index contributed by atoms with van der Waals surface area (Å²) < 4.78 is 5.95. The maximum Gasteiger partial charge on any atom is 0.488 e. The van der Waals surface area contributed by atoms with Gasteiger partial charge in [-0.15, -0.1) is 0 Å². The molecule has 1 aliphatic carbocycles. The van der Waals surface area contributed by atoms with E-state index in [0.29, 0.717) is 5.46 Å². The predicted molar refractivity (Wildman–Crippen MR) is 87.0 cm³/mol. The lowest BCUT2D eigenvalue weighted by Gasteiger charge is -2.18. The van der Waals surface area contributed by atoms with E-state index in [-0.39, 0.29) is 12.0 Å². The number of ether oxygens (including phenoxy) is 1. The van der Waals surface area contributed by atoms with Crippen LogP contribution in [0.15, 0.2) is 66.8 Å². The molecule has 0 spiro atoms. The molecule has 22 heavy (non-hydrogen) atoms. The van der Waals surface area contributed by atoms with Gasteiger partial charge in [-0.25, -0.2) is 0 Å². The monoisotopic (exact) mass is 290 g/mol. The van der Waals surface area contributed by atoms with Crippen molar-refractivity contribution in [2.24, 2.45) is 0 Å². The first-order valence-electron chi connectivity index (χ1n) is 7.34. The van der Waals surface area contributed by atoms with Crippen LogP contribution in [0.1, 0.15) is 17.0 Å². The van der Waals surface area contributed by atoms with Crippen LogP contribution in [0.5, 0.6) is 5.75 Å². The zero-order valence-electron chi connectivity index (χ0n) is 11.9. The van der Waals surface area contributed by atoms with Crippen LogP contribution in [0.4, 0.5) is 0 Å². The molecule has 2 aromatic rings. The number of rotatable bonds is 2. The summed E-state index contributed by atoms with van der Waals surface area (Å²) in [5.74, 6) is 1.19. The van der Waals surface area contributed by atoms with Crippen molar-refractivity contribution in [1.82, 2.24) is 0 Å². The predicted octanol–water partition coefficient (Wildman–Crippen LogP) is 1.86. The largest absolute Gasteiger partial charge is 0.488 e. The van der Waals surface area contributed by atoms with Crippen LogP contribution in [0.2, 0.25) is 0 Å². The third-order valence-corrected chi connectivity index (χ3v) is 4.26. The second kappa shape index (κ2) is 5.16. The van der Waals surface area contributed by atoms with Gasteiger partial charge in [0.1, 0.15) is 11.9 Å². The molecule has 1 aliphatic heterocycles. The Labute approximate surface area is 129 Å². The van der Waals surface area contributed by atoms with Gasteiger partial charge >= 0.3 is 7.12 Å². The van der Waals surface area contributed by atoms with Gasteiger partial charge in [-0.05, 0) is 28.7 Å². The lowest BCUT2D eigenvalue weighted by atomic mass is 9.79. The number of benzene rings is 2. The Hall–Kier alpha value is -2.30. The lowest BCUT2D eigenvalue weighted by Crippen LogP contribution is -2.29. The van der Waals surface area contributed by atoms with Gasteiger partial charge in [-0.3, -0.25) is 0 Å². The molecular formula is C18H15BO3. The van der Waals surface area contributed by atoms with Gasteiger partial charge in [0.2, 0.25) is 0 Å². The summed E-state index contributed by atoms with van der Waals surface area (Å²) in [7, 11) is -1.43. The fourth-order valence-electron chi connectivity index (χ4n) is 3.09. The van der Waals surface area contributed by atoms with Gasteiger partial charge in [0.25, 0.3) is 0 Å². The maximum atomic E-state index is 9.17. The van der Waals surface area contributed by atoms with Crippen molar-refractivity contribution in [3.05, 3.63) is 77.9 Å². The second-order valence-electron chi connectivity index (χ2n) is 5.62. The zero-order chi connectivity index (χ0) is 15.1. The third-order valence-electron chi connectivity index (χ3n) is 4.26. The molecule has 0 amide bonds. The molecule has 0 saturated heterocycles. The molecule has 0 radical (unpaired) electrons. The van der Waals surface area contributed by atoms with E-state index in [1.165, 1.54) is 5.56 Å². The van der Waals surface area contributed by atoms with E-state index >= 15 is 0 Å². The molecule has 0 saturated carbocycles. The van der Waals surface area contributed by atoms with E-state index in [9.17, 15) is 0 Å². The molecule has 0 aromatic heterocycles. The Morgan fingerprint density at radius 2 is 1.73 bits per heavy atom. The highest BCUT2D eigenvalue weighted by atomic mass is 16.5. The van der Waals surface area contributed by atoms with E-state index in [4.69, 9.17) is 14.8 Å². The van der Waals surface area contributed by atoms with Gasteiger partial charge < -0.3 is 14.8 Å². The van der Waals surface area contributed by atoms with Gasteiger partial charge in [-0.2, -0.15) is 0 Å². The average Bonchev–Trinajstić information content (AvgIpc) is 2.92. The minimum Gasteiger partial charge on any atom is -0.485 e. The molecule has 0 bridgehead atoms. The first-order valence-corrected chi connectivity index (χ1v) is 7.34. The fourth-order valence-corrected chi connectivity index (χ4v) is 3.09. The highest BCUT2D eigenvalue weighted by molar-refractivity contribution is 6.58. The molecule has 2 aromatic carbocycles. The van der Waals surface area contributed by atoms with Crippen LogP contribution >= 0.6 is 0 Å². The van der Waals surface area contributed by atoms with Crippen LogP contribution in [0.3, 0.4) is 0 Å². The average molecular weight is 290 g/mol. The molecule has 3 nitrogen and oxygen atoms in total. The first kappa shape index (κ1) is 13.4. The smallest absolute Gasteiger partial charge is 0.485 e. The highest BCUT2D eigenvalue weighted by Gasteiger charge is 2.32. The summed E-state index contributed by atoms with van der Waals surface area (Å²) in [6.45, 7) is 0. The quantitative estimate of drug-likeness (QED) is 0.830.